The molecule has 1 saturated carbocycles. The Morgan fingerprint density at radius 2 is 0.826 bits per heavy atom. The molecule has 7 rings (SSSR count). The summed E-state index contributed by atoms with van der Waals surface area (Å²) in [4.78, 5) is 8.54. The van der Waals surface area contributed by atoms with Crippen LogP contribution in [0.1, 0.15) is 0 Å². The minimum absolute atomic E-state index is 0.155. The molecule has 1 fully saturated rings. The number of para-hydroxylation sites is 4. The second-order valence-corrected chi connectivity index (χ2v) is 9.57. The van der Waals surface area contributed by atoms with Gasteiger partial charge >= 0.3 is 23.6 Å². The van der Waals surface area contributed by atoms with E-state index in [-0.39, 0.29) is 11.8 Å². The topological polar surface area (TPSA) is 123 Å². The second-order valence-electron chi connectivity index (χ2n) is 9.57. The van der Waals surface area contributed by atoms with Crippen LogP contribution in [0.4, 0.5) is 26.3 Å². The van der Waals surface area contributed by atoms with E-state index in [4.69, 9.17) is 8.83 Å². The Labute approximate surface area is 257 Å². The fraction of sp³-hybridized carbons (Fsp3) is 0.188. The third-order valence-corrected chi connectivity index (χ3v) is 6.92. The molecular weight excluding hydrogens is 618 g/mol. The molecule has 46 heavy (non-hydrogen) atoms. The van der Waals surface area contributed by atoms with Crippen molar-refractivity contribution in [3.8, 4) is 34.4 Å². The van der Waals surface area contributed by atoms with Crippen LogP contribution in [0.3, 0.4) is 0 Å². The molecule has 6 aromatic rings. The van der Waals surface area contributed by atoms with Gasteiger partial charge in [-0.15, -0.1) is 0 Å². The Bertz CT molecular complexity index is 1740. The molecule has 2 unspecified atom stereocenters. The number of nitrogens with two attached hydrogens (primary N) is 2. The van der Waals surface area contributed by atoms with Gasteiger partial charge in [-0.05, 0) is 86.9 Å². The summed E-state index contributed by atoms with van der Waals surface area (Å²) in [5.41, 5.74) is 11.8. The highest BCUT2D eigenvalue weighted by Crippen LogP contribution is 2.68. The van der Waals surface area contributed by atoms with E-state index in [1.807, 2.05) is 0 Å². The van der Waals surface area contributed by atoms with E-state index in [1.54, 1.807) is 48.5 Å². The molecule has 2 aromatic heterocycles. The van der Waals surface area contributed by atoms with E-state index in [2.05, 4.69) is 30.9 Å². The quantitative estimate of drug-likeness (QED) is 0.179. The molecule has 0 aliphatic heterocycles. The smallest absolute Gasteiger partial charge is 0.395 e. The van der Waals surface area contributed by atoms with Crippen molar-refractivity contribution in [2.75, 3.05) is 14.1 Å². The summed E-state index contributed by atoms with van der Waals surface area (Å²) in [5, 5.41) is 0. The maximum Gasteiger partial charge on any atom is 0.395 e. The number of hydrogen-bond donors (Lipinski definition) is 2. The summed E-state index contributed by atoms with van der Waals surface area (Å²) in [6, 6.07) is 22.8. The van der Waals surface area contributed by atoms with Crippen LogP contribution >= 0.6 is 0 Å². The first-order chi connectivity index (χ1) is 22.0. The summed E-state index contributed by atoms with van der Waals surface area (Å²) in [6.07, 6.45) is 0. The molecule has 1 aliphatic carbocycles. The summed E-state index contributed by atoms with van der Waals surface area (Å²) < 4.78 is 110. The number of halogens is 6. The highest BCUT2D eigenvalue weighted by molar-refractivity contribution is 5.77. The monoisotopic (exact) mass is 644 g/mol. The van der Waals surface area contributed by atoms with Gasteiger partial charge < -0.3 is 29.8 Å². The number of aromatic nitrogens is 2. The Hall–Kier alpha value is -5.08. The maximum atomic E-state index is 15.6. The largest absolute Gasteiger partial charge is 0.447 e. The number of fused-ring (bicyclic) bond motifs is 2. The van der Waals surface area contributed by atoms with Crippen LogP contribution in [-0.2, 0) is 0 Å². The predicted molar refractivity (Wildman–Crippen MR) is 158 cm³/mol. The van der Waals surface area contributed by atoms with E-state index in [9.17, 15) is 17.6 Å². The van der Waals surface area contributed by atoms with Crippen molar-refractivity contribution in [2.45, 2.75) is 23.6 Å². The first-order valence-corrected chi connectivity index (χ1v) is 13.6. The molecule has 0 amide bonds. The zero-order valence-electron chi connectivity index (χ0n) is 24.2. The number of oxazole rings is 2. The van der Waals surface area contributed by atoms with Gasteiger partial charge in [-0.25, -0.2) is 9.97 Å². The first-order valence-electron chi connectivity index (χ1n) is 13.6. The summed E-state index contributed by atoms with van der Waals surface area (Å²) >= 11 is 0. The molecule has 0 radical (unpaired) electrons. The second kappa shape index (κ2) is 12.0. The lowest BCUT2D eigenvalue weighted by molar-refractivity contribution is -0.527. The van der Waals surface area contributed by atoms with Gasteiger partial charge in [0.15, 0.2) is 11.2 Å². The Balaban J connectivity index is 0.00000100. The number of benzene rings is 4. The van der Waals surface area contributed by atoms with Gasteiger partial charge in [0.1, 0.15) is 22.5 Å². The highest BCUT2D eigenvalue weighted by Gasteiger charge is 3.03. The van der Waals surface area contributed by atoms with E-state index in [0.717, 1.165) is 24.3 Å². The first kappa shape index (κ1) is 32.3. The molecular formula is C32H26F6N4O4. The number of alkyl halides is 6. The van der Waals surface area contributed by atoms with Crippen LogP contribution in [0.5, 0.6) is 11.5 Å². The van der Waals surface area contributed by atoms with Gasteiger partial charge in [-0.2, -0.15) is 26.3 Å². The van der Waals surface area contributed by atoms with Gasteiger partial charge in [0.2, 0.25) is 11.8 Å². The number of ether oxygens (including phenoxy) is 2. The lowest BCUT2D eigenvalue weighted by atomic mass is 9.76. The van der Waals surface area contributed by atoms with Gasteiger partial charge in [0.25, 0.3) is 0 Å². The molecule has 0 bridgehead atoms. The molecule has 0 spiro atoms. The SMILES string of the molecule is CN.CN.FC1(F)C(F)(F)C(F)(Oc2ccc(-c3nc4ccccc4o3)cc2)C1(F)Oc1ccc(-c2nc3ccccc3o2)cc1. The summed E-state index contributed by atoms with van der Waals surface area (Å²) in [7, 11) is 3.00. The Morgan fingerprint density at radius 3 is 1.15 bits per heavy atom. The third-order valence-electron chi connectivity index (χ3n) is 6.92. The lowest BCUT2D eigenvalue weighted by Crippen LogP contribution is -2.89. The van der Waals surface area contributed by atoms with Crippen molar-refractivity contribution in [2.24, 2.45) is 11.5 Å². The van der Waals surface area contributed by atoms with Crippen LogP contribution in [0, 0.1) is 0 Å². The van der Waals surface area contributed by atoms with E-state index in [1.165, 1.54) is 38.4 Å². The van der Waals surface area contributed by atoms with E-state index in [0.29, 0.717) is 33.3 Å². The average molecular weight is 645 g/mol. The zero-order valence-corrected chi connectivity index (χ0v) is 24.2. The summed E-state index contributed by atoms with van der Waals surface area (Å²) in [6.45, 7) is 0. The highest BCUT2D eigenvalue weighted by atomic mass is 19.3. The fourth-order valence-corrected chi connectivity index (χ4v) is 4.65. The van der Waals surface area contributed by atoms with Gasteiger partial charge in [0, 0.05) is 11.1 Å². The predicted octanol–water partition coefficient (Wildman–Crippen LogP) is 7.53. The van der Waals surface area contributed by atoms with Crippen molar-refractivity contribution in [1.82, 2.24) is 9.97 Å². The number of rotatable bonds is 6. The minimum atomic E-state index is -5.58. The van der Waals surface area contributed by atoms with Gasteiger partial charge in [-0.1, -0.05) is 24.3 Å². The van der Waals surface area contributed by atoms with Crippen molar-refractivity contribution in [3.63, 3.8) is 0 Å². The molecule has 14 heteroatoms. The Morgan fingerprint density at radius 1 is 0.500 bits per heavy atom. The van der Waals surface area contributed by atoms with E-state index >= 15 is 8.78 Å². The lowest BCUT2D eigenvalue weighted by Gasteiger charge is -2.55. The average Bonchev–Trinajstić information content (AvgIpc) is 3.72. The van der Waals surface area contributed by atoms with Crippen molar-refractivity contribution < 1.29 is 44.7 Å². The van der Waals surface area contributed by atoms with Crippen LogP contribution in [0.25, 0.3) is 45.1 Å². The fourth-order valence-electron chi connectivity index (χ4n) is 4.65. The van der Waals surface area contributed by atoms with Gasteiger partial charge in [-0.3, -0.25) is 0 Å². The molecule has 240 valence electrons. The normalized spacial score (nSPS) is 20.9. The molecule has 8 nitrogen and oxygen atoms in total. The maximum absolute atomic E-state index is 15.6. The Kier molecular flexibility index (Phi) is 8.45. The molecule has 2 atom stereocenters. The molecule has 4 N–H and O–H groups in total. The van der Waals surface area contributed by atoms with Crippen LogP contribution < -0.4 is 20.9 Å². The zero-order chi connectivity index (χ0) is 33.3. The molecule has 4 aromatic carbocycles. The third kappa shape index (κ3) is 4.90. The standard InChI is InChI=1S/C30H16F6N2O4.2CH5N/c31-27(32)28(33,34)30(36,42-20-15-11-18(12-16-20)26-38-22-6-2-4-8-24(22)40-26)29(27,35)41-19-13-9-17(10-14-19)25-37-21-5-1-3-7-23(21)39-25;2*1-2/h1-16H;2*2H2,1H3. The molecule has 2 heterocycles. The van der Waals surface area contributed by atoms with Crippen LogP contribution in [0.15, 0.2) is 106 Å². The number of nitrogens with zero attached hydrogens (tertiary/aromatic N) is 2. The van der Waals surface area contributed by atoms with Crippen molar-refractivity contribution in [1.29, 1.82) is 0 Å². The van der Waals surface area contributed by atoms with Crippen molar-refractivity contribution >= 4 is 22.2 Å². The van der Waals surface area contributed by atoms with Crippen LogP contribution in [-0.4, -0.2) is 47.6 Å². The van der Waals surface area contributed by atoms with E-state index < -0.39 is 35.1 Å². The van der Waals surface area contributed by atoms with Crippen LogP contribution in [0.2, 0.25) is 0 Å². The minimum Gasteiger partial charge on any atom is -0.447 e. The molecule has 1 aliphatic rings. The molecule has 0 saturated heterocycles. The van der Waals surface area contributed by atoms with Crippen molar-refractivity contribution in [3.05, 3.63) is 97.1 Å². The number of hydrogen-bond acceptors (Lipinski definition) is 8. The van der Waals surface area contributed by atoms with Gasteiger partial charge in [0.05, 0.1) is 0 Å². The summed E-state index contributed by atoms with van der Waals surface area (Å²) in [5.74, 6) is -21.9.